The number of Topliss-reactive ketones (excluding diaryl/α,β-unsaturated/α-hetero) is 1. The summed E-state index contributed by atoms with van der Waals surface area (Å²) in [5, 5.41) is 0. The van der Waals surface area contributed by atoms with E-state index in [0.29, 0.717) is 12.3 Å². The fourth-order valence-electron chi connectivity index (χ4n) is 1.96. The molecule has 1 amide bonds. The molecule has 1 rings (SSSR count). The number of carbonyl (C=O) groups is 2. The Kier molecular flexibility index (Phi) is 5.55. The van der Waals surface area contributed by atoms with Gasteiger partial charge >= 0.3 is 6.09 Å². The summed E-state index contributed by atoms with van der Waals surface area (Å²) in [5.74, 6) is 0.336. The lowest BCUT2D eigenvalue weighted by atomic mass is 9.91. The molecule has 0 saturated heterocycles. The maximum Gasteiger partial charge on any atom is 0.404 e. The fourth-order valence-corrected chi connectivity index (χ4v) is 1.96. The van der Waals surface area contributed by atoms with Crippen molar-refractivity contribution in [3.8, 4) is 0 Å². The highest BCUT2D eigenvalue weighted by molar-refractivity contribution is 5.97. The van der Waals surface area contributed by atoms with Crippen LogP contribution in [0.2, 0.25) is 0 Å². The number of benzene rings is 1. The van der Waals surface area contributed by atoms with Gasteiger partial charge in [-0.2, -0.15) is 0 Å². The summed E-state index contributed by atoms with van der Waals surface area (Å²) in [6.45, 7) is 6.15. The zero-order chi connectivity index (χ0) is 14.4. The van der Waals surface area contributed by atoms with Crippen molar-refractivity contribution in [3.63, 3.8) is 0 Å². The number of ether oxygens (including phenoxy) is 1. The van der Waals surface area contributed by atoms with Gasteiger partial charge in [-0.1, -0.05) is 45.0 Å². The van der Waals surface area contributed by atoms with Gasteiger partial charge in [-0.3, -0.25) is 4.79 Å². The first-order valence-electron chi connectivity index (χ1n) is 6.46. The molecular formula is C15H21NO3. The van der Waals surface area contributed by atoms with Crippen molar-refractivity contribution >= 4 is 11.9 Å². The summed E-state index contributed by atoms with van der Waals surface area (Å²) in [7, 11) is 0. The lowest BCUT2D eigenvalue weighted by molar-refractivity contribution is 0.0921. The summed E-state index contributed by atoms with van der Waals surface area (Å²) in [4.78, 5) is 22.8. The van der Waals surface area contributed by atoms with Gasteiger partial charge in [0.05, 0.1) is 6.61 Å². The van der Waals surface area contributed by atoms with E-state index in [1.807, 2.05) is 31.2 Å². The van der Waals surface area contributed by atoms with Crippen LogP contribution in [0.5, 0.6) is 0 Å². The first kappa shape index (κ1) is 15.2. The van der Waals surface area contributed by atoms with Crippen molar-refractivity contribution in [3.05, 3.63) is 35.4 Å². The Balaban J connectivity index is 2.70. The Morgan fingerprint density at radius 3 is 2.42 bits per heavy atom. The SMILES string of the molecule is CC(COC(N)=O)CC(=O)c1ccccc1C(C)C. The van der Waals surface area contributed by atoms with E-state index in [9.17, 15) is 9.59 Å². The van der Waals surface area contributed by atoms with Crippen molar-refractivity contribution in [2.45, 2.75) is 33.1 Å². The first-order valence-corrected chi connectivity index (χ1v) is 6.46. The smallest absolute Gasteiger partial charge is 0.404 e. The van der Waals surface area contributed by atoms with E-state index in [4.69, 9.17) is 10.5 Å². The van der Waals surface area contributed by atoms with E-state index in [1.54, 1.807) is 0 Å². The highest BCUT2D eigenvalue weighted by Crippen LogP contribution is 2.21. The number of primary amides is 1. The Morgan fingerprint density at radius 2 is 1.84 bits per heavy atom. The molecule has 0 spiro atoms. The minimum absolute atomic E-state index is 0.0415. The Bertz CT molecular complexity index is 454. The third kappa shape index (κ3) is 4.73. The van der Waals surface area contributed by atoms with Crippen LogP contribution in [0.15, 0.2) is 24.3 Å². The zero-order valence-electron chi connectivity index (χ0n) is 11.7. The molecule has 0 aromatic heterocycles. The van der Waals surface area contributed by atoms with E-state index in [0.717, 1.165) is 11.1 Å². The van der Waals surface area contributed by atoms with E-state index >= 15 is 0 Å². The molecule has 0 aliphatic carbocycles. The molecule has 0 bridgehead atoms. The maximum absolute atomic E-state index is 12.3. The van der Waals surface area contributed by atoms with Crippen LogP contribution in [0.25, 0.3) is 0 Å². The van der Waals surface area contributed by atoms with Crippen LogP contribution in [0.1, 0.15) is 49.0 Å². The number of hydrogen-bond donors (Lipinski definition) is 1. The van der Waals surface area contributed by atoms with Gasteiger partial charge < -0.3 is 10.5 Å². The van der Waals surface area contributed by atoms with E-state index in [1.165, 1.54) is 0 Å². The molecule has 0 saturated carbocycles. The molecule has 4 nitrogen and oxygen atoms in total. The summed E-state index contributed by atoms with van der Waals surface area (Å²) in [6, 6.07) is 7.62. The largest absolute Gasteiger partial charge is 0.449 e. The minimum atomic E-state index is -0.804. The van der Waals surface area contributed by atoms with Crippen molar-refractivity contribution in [1.82, 2.24) is 0 Å². The number of carbonyl (C=O) groups excluding carboxylic acids is 2. The predicted octanol–water partition coefficient (Wildman–Crippen LogP) is 3.11. The van der Waals surface area contributed by atoms with Crippen LogP contribution in [0, 0.1) is 5.92 Å². The van der Waals surface area contributed by atoms with Gasteiger partial charge in [-0.25, -0.2) is 4.79 Å². The fraction of sp³-hybridized carbons (Fsp3) is 0.467. The van der Waals surface area contributed by atoms with Crippen molar-refractivity contribution in [2.24, 2.45) is 11.7 Å². The van der Waals surface area contributed by atoms with Crippen molar-refractivity contribution in [1.29, 1.82) is 0 Å². The topological polar surface area (TPSA) is 69.4 Å². The Hall–Kier alpha value is -1.84. The molecule has 1 aromatic rings. The molecule has 104 valence electrons. The molecule has 19 heavy (non-hydrogen) atoms. The zero-order valence-corrected chi connectivity index (χ0v) is 11.7. The predicted molar refractivity (Wildman–Crippen MR) is 74.2 cm³/mol. The maximum atomic E-state index is 12.3. The average Bonchev–Trinajstić information content (AvgIpc) is 2.36. The van der Waals surface area contributed by atoms with Crippen LogP contribution in [-0.2, 0) is 4.74 Å². The molecule has 4 heteroatoms. The lowest BCUT2D eigenvalue weighted by Gasteiger charge is -2.14. The lowest BCUT2D eigenvalue weighted by Crippen LogP contribution is -2.19. The number of rotatable bonds is 6. The third-order valence-corrected chi connectivity index (χ3v) is 2.93. The van der Waals surface area contributed by atoms with Crippen molar-refractivity contribution in [2.75, 3.05) is 6.61 Å². The van der Waals surface area contributed by atoms with Gasteiger partial charge in [0, 0.05) is 12.0 Å². The molecule has 0 radical (unpaired) electrons. The van der Waals surface area contributed by atoms with Gasteiger partial charge in [0.2, 0.25) is 0 Å². The molecular weight excluding hydrogens is 242 g/mol. The number of hydrogen-bond acceptors (Lipinski definition) is 3. The van der Waals surface area contributed by atoms with E-state index in [2.05, 4.69) is 13.8 Å². The highest BCUT2D eigenvalue weighted by Gasteiger charge is 2.16. The second-order valence-corrected chi connectivity index (χ2v) is 5.10. The Labute approximate surface area is 113 Å². The van der Waals surface area contributed by atoms with Gasteiger partial charge in [-0.15, -0.1) is 0 Å². The summed E-state index contributed by atoms with van der Waals surface area (Å²) < 4.78 is 4.70. The van der Waals surface area contributed by atoms with Crippen LogP contribution in [0.3, 0.4) is 0 Å². The van der Waals surface area contributed by atoms with Gasteiger partial charge in [0.15, 0.2) is 5.78 Å². The summed E-state index contributed by atoms with van der Waals surface area (Å²) in [5.41, 5.74) is 6.71. The third-order valence-electron chi connectivity index (χ3n) is 2.93. The molecule has 0 heterocycles. The normalized spacial score (nSPS) is 12.2. The van der Waals surface area contributed by atoms with Crippen molar-refractivity contribution < 1.29 is 14.3 Å². The molecule has 0 aliphatic heterocycles. The monoisotopic (exact) mass is 263 g/mol. The number of ketones is 1. The van der Waals surface area contributed by atoms with Crippen LogP contribution < -0.4 is 5.73 Å². The van der Waals surface area contributed by atoms with E-state index in [-0.39, 0.29) is 18.3 Å². The second-order valence-electron chi connectivity index (χ2n) is 5.10. The molecule has 1 atom stereocenters. The molecule has 1 unspecified atom stereocenters. The molecule has 2 N–H and O–H groups in total. The average molecular weight is 263 g/mol. The van der Waals surface area contributed by atoms with Gasteiger partial charge in [-0.05, 0) is 17.4 Å². The standard InChI is InChI=1S/C15H21NO3/c1-10(2)12-6-4-5-7-13(12)14(17)8-11(3)9-19-15(16)18/h4-7,10-11H,8-9H2,1-3H3,(H2,16,18). The van der Waals surface area contributed by atoms with Crippen LogP contribution in [-0.4, -0.2) is 18.5 Å². The summed E-state index contributed by atoms with van der Waals surface area (Å²) in [6.07, 6.45) is -0.460. The van der Waals surface area contributed by atoms with Gasteiger partial charge in [0.1, 0.15) is 0 Å². The molecule has 0 fully saturated rings. The number of amides is 1. The highest BCUT2D eigenvalue weighted by atomic mass is 16.5. The number of nitrogens with two attached hydrogens (primary N) is 1. The second kappa shape index (κ2) is 6.92. The van der Waals surface area contributed by atoms with Crippen LogP contribution in [0.4, 0.5) is 4.79 Å². The molecule has 0 aliphatic rings. The minimum Gasteiger partial charge on any atom is -0.449 e. The quantitative estimate of drug-likeness (QED) is 0.802. The van der Waals surface area contributed by atoms with Crippen LogP contribution >= 0.6 is 0 Å². The van der Waals surface area contributed by atoms with Gasteiger partial charge in [0.25, 0.3) is 0 Å². The first-order chi connectivity index (χ1) is 8.91. The summed E-state index contributed by atoms with van der Waals surface area (Å²) >= 11 is 0. The molecule has 1 aromatic carbocycles. The Morgan fingerprint density at radius 1 is 1.21 bits per heavy atom. The van der Waals surface area contributed by atoms with E-state index < -0.39 is 6.09 Å².